The number of rotatable bonds is 3. The molecule has 1 saturated carbocycles. The van der Waals surface area contributed by atoms with Crippen LogP contribution in [0.4, 0.5) is 0 Å². The van der Waals surface area contributed by atoms with Crippen molar-refractivity contribution in [3.63, 3.8) is 0 Å². The monoisotopic (exact) mass is 313 g/mol. The molecule has 2 aliphatic rings. The lowest BCUT2D eigenvalue weighted by Crippen LogP contribution is -2.36. The summed E-state index contributed by atoms with van der Waals surface area (Å²) in [5.41, 5.74) is 1.65. The Morgan fingerprint density at radius 3 is 2.57 bits per heavy atom. The summed E-state index contributed by atoms with van der Waals surface area (Å²) in [6.07, 6.45) is 7.10. The molecule has 1 aliphatic carbocycles. The maximum atomic E-state index is 12.7. The van der Waals surface area contributed by atoms with Crippen molar-refractivity contribution in [2.24, 2.45) is 10.8 Å². The molecule has 0 N–H and O–H groups in total. The highest BCUT2D eigenvalue weighted by Gasteiger charge is 2.50. The summed E-state index contributed by atoms with van der Waals surface area (Å²) in [6.45, 7) is 7.89. The molecule has 0 aromatic heterocycles. The van der Waals surface area contributed by atoms with E-state index in [1.807, 2.05) is 30.3 Å². The van der Waals surface area contributed by atoms with Gasteiger partial charge < -0.3 is 9.64 Å². The van der Waals surface area contributed by atoms with Crippen LogP contribution in [0.1, 0.15) is 45.6 Å². The summed E-state index contributed by atoms with van der Waals surface area (Å²) in [6, 6.07) is 8.16. The van der Waals surface area contributed by atoms with Crippen LogP contribution in [0.2, 0.25) is 0 Å². The Morgan fingerprint density at radius 1 is 1.22 bits per heavy atom. The van der Waals surface area contributed by atoms with Crippen molar-refractivity contribution in [3.05, 3.63) is 35.9 Å². The molecule has 3 heteroatoms. The lowest BCUT2D eigenvalue weighted by atomic mass is 9.65. The second-order valence-corrected chi connectivity index (χ2v) is 8.29. The Balaban J connectivity index is 1.70. The quantitative estimate of drug-likeness (QED) is 0.785. The lowest BCUT2D eigenvalue weighted by Gasteiger charge is -2.39. The first-order valence-corrected chi connectivity index (χ1v) is 8.43. The van der Waals surface area contributed by atoms with Gasteiger partial charge in [0.15, 0.2) is 0 Å². The third-order valence-corrected chi connectivity index (χ3v) is 5.23. The van der Waals surface area contributed by atoms with E-state index in [1.165, 1.54) is 6.42 Å². The number of amides is 1. The Kier molecular flexibility index (Phi) is 3.99. The minimum absolute atomic E-state index is 0.146. The van der Waals surface area contributed by atoms with Gasteiger partial charge in [-0.3, -0.25) is 4.79 Å². The summed E-state index contributed by atoms with van der Waals surface area (Å²) in [5, 5.41) is 0. The molecule has 1 saturated heterocycles. The highest BCUT2D eigenvalue weighted by Crippen LogP contribution is 2.52. The second kappa shape index (κ2) is 5.70. The second-order valence-electron chi connectivity index (χ2n) is 8.29. The molecule has 1 aliphatic heterocycles. The van der Waals surface area contributed by atoms with E-state index in [1.54, 1.807) is 13.2 Å². The van der Waals surface area contributed by atoms with Gasteiger partial charge >= 0.3 is 0 Å². The van der Waals surface area contributed by atoms with E-state index in [0.717, 1.165) is 30.7 Å². The van der Waals surface area contributed by atoms with Crippen molar-refractivity contribution >= 4 is 12.0 Å². The first kappa shape index (κ1) is 16.1. The third-order valence-electron chi connectivity index (χ3n) is 5.23. The molecular weight excluding hydrogens is 286 g/mol. The van der Waals surface area contributed by atoms with Crippen LogP contribution >= 0.6 is 0 Å². The van der Waals surface area contributed by atoms with Crippen LogP contribution < -0.4 is 4.74 Å². The Bertz CT molecular complexity index is 617. The van der Waals surface area contributed by atoms with Crippen LogP contribution in [0.3, 0.4) is 0 Å². The topological polar surface area (TPSA) is 29.5 Å². The number of carbonyl (C=O) groups excluding carboxylic acids is 1. The van der Waals surface area contributed by atoms with Gasteiger partial charge in [-0.1, -0.05) is 32.9 Å². The van der Waals surface area contributed by atoms with Crippen molar-refractivity contribution in [2.75, 3.05) is 13.7 Å². The normalized spacial score (nSPS) is 29.0. The Morgan fingerprint density at radius 2 is 1.91 bits per heavy atom. The molecule has 23 heavy (non-hydrogen) atoms. The molecule has 1 aromatic carbocycles. The first-order chi connectivity index (χ1) is 10.8. The van der Waals surface area contributed by atoms with Crippen molar-refractivity contribution in [3.8, 4) is 5.75 Å². The van der Waals surface area contributed by atoms with Crippen molar-refractivity contribution in [1.29, 1.82) is 0 Å². The predicted octanol–water partition coefficient (Wildman–Crippen LogP) is 4.14. The van der Waals surface area contributed by atoms with E-state index in [-0.39, 0.29) is 11.3 Å². The Labute approximate surface area is 139 Å². The minimum atomic E-state index is 0.146. The number of hydrogen-bond acceptors (Lipinski definition) is 2. The zero-order chi connectivity index (χ0) is 16.7. The number of hydrogen-bond donors (Lipinski definition) is 0. The molecule has 0 radical (unpaired) electrons. The average Bonchev–Trinajstić information content (AvgIpc) is 2.74. The van der Waals surface area contributed by atoms with Crippen LogP contribution in [0.5, 0.6) is 5.75 Å². The maximum absolute atomic E-state index is 12.7. The maximum Gasteiger partial charge on any atom is 0.246 e. The largest absolute Gasteiger partial charge is 0.497 e. The van der Waals surface area contributed by atoms with Crippen LogP contribution in [-0.4, -0.2) is 30.5 Å². The number of likely N-dealkylation sites (tertiary alicyclic amines) is 1. The molecule has 2 atom stereocenters. The molecule has 2 fully saturated rings. The van der Waals surface area contributed by atoms with Crippen molar-refractivity contribution in [1.82, 2.24) is 4.90 Å². The van der Waals surface area contributed by atoms with Gasteiger partial charge in [0.2, 0.25) is 5.91 Å². The number of fused-ring (bicyclic) bond motifs is 2. The number of nitrogens with zero attached hydrogens (tertiary/aromatic N) is 1. The highest BCUT2D eigenvalue weighted by atomic mass is 16.5. The summed E-state index contributed by atoms with van der Waals surface area (Å²) in [7, 11) is 1.65. The van der Waals surface area contributed by atoms with Gasteiger partial charge in [-0.2, -0.15) is 0 Å². The Hall–Kier alpha value is -1.77. The van der Waals surface area contributed by atoms with Gasteiger partial charge in [0.1, 0.15) is 5.75 Å². The first-order valence-electron chi connectivity index (χ1n) is 8.43. The van der Waals surface area contributed by atoms with Gasteiger partial charge in [0, 0.05) is 18.7 Å². The van der Waals surface area contributed by atoms with E-state index < -0.39 is 0 Å². The smallest absolute Gasteiger partial charge is 0.246 e. The van der Waals surface area contributed by atoms with E-state index in [0.29, 0.717) is 11.5 Å². The van der Waals surface area contributed by atoms with Crippen LogP contribution in [0.25, 0.3) is 6.08 Å². The van der Waals surface area contributed by atoms with Crippen LogP contribution in [0.15, 0.2) is 30.3 Å². The molecule has 1 aromatic rings. The fourth-order valence-electron chi connectivity index (χ4n) is 4.70. The molecule has 0 unspecified atom stereocenters. The van der Waals surface area contributed by atoms with Crippen molar-refractivity contribution in [2.45, 2.75) is 46.1 Å². The standard InChI is InChI=1S/C20H27NO2/c1-19(2)11-16-12-20(3,13-19)14-21(16)18(22)10-7-15-5-8-17(23-4)9-6-15/h5-10,16H,11-14H2,1-4H3/b10-7+/t16-,20+/m1/s1. The number of methoxy groups -OCH3 is 1. The lowest BCUT2D eigenvalue weighted by molar-refractivity contribution is -0.127. The van der Waals surface area contributed by atoms with Crippen LogP contribution in [0, 0.1) is 10.8 Å². The van der Waals surface area contributed by atoms with Gasteiger partial charge in [-0.15, -0.1) is 0 Å². The minimum Gasteiger partial charge on any atom is -0.497 e. The highest BCUT2D eigenvalue weighted by molar-refractivity contribution is 5.92. The average molecular weight is 313 g/mol. The van der Waals surface area contributed by atoms with E-state index in [2.05, 4.69) is 25.7 Å². The summed E-state index contributed by atoms with van der Waals surface area (Å²) >= 11 is 0. The van der Waals surface area contributed by atoms with E-state index in [4.69, 9.17) is 4.74 Å². The predicted molar refractivity (Wildman–Crippen MR) is 93.3 cm³/mol. The fraction of sp³-hybridized carbons (Fsp3) is 0.550. The third kappa shape index (κ3) is 3.44. The molecule has 1 amide bonds. The molecule has 0 spiro atoms. The number of benzene rings is 1. The zero-order valence-corrected chi connectivity index (χ0v) is 14.6. The molecular formula is C20H27NO2. The zero-order valence-electron chi connectivity index (χ0n) is 14.6. The van der Waals surface area contributed by atoms with Crippen LogP contribution in [-0.2, 0) is 4.79 Å². The SMILES string of the molecule is COc1ccc(/C=C/C(=O)N2C[C@@]3(C)C[C@H]2CC(C)(C)C3)cc1. The fourth-order valence-corrected chi connectivity index (χ4v) is 4.70. The molecule has 1 heterocycles. The summed E-state index contributed by atoms with van der Waals surface area (Å²) in [5.74, 6) is 0.976. The number of ether oxygens (including phenoxy) is 1. The van der Waals surface area contributed by atoms with E-state index in [9.17, 15) is 4.79 Å². The van der Waals surface area contributed by atoms with Gasteiger partial charge in [-0.05, 0) is 53.9 Å². The van der Waals surface area contributed by atoms with Gasteiger partial charge in [0.25, 0.3) is 0 Å². The molecule has 3 rings (SSSR count). The summed E-state index contributed by atoms with van der Waals surface area (Å²) in [4.78, 5) is 14.7. The molecule has 3 nitrogen and oxygen atoms in total. The van der Waals surface area contributed by atoms with Crippen molar-refractivity contribution < 1.29 is 9.53 Å². The van der Waals surface area contributed by atoms with E-state index >= 15 is 0 Å². The number of carbonyl (C=O) groups is 1. The van der Waals surface area contributed by atoms with Gasteiger partial charge in [-0.25, -0.2) is 0 Å². The molecule has 2 bridgehead atoms. The summed E-state index contributed by atoms with van der Waals surface area (Å²) < 4.78 is 5.15. The van der Waals surface area contributed by atoms with Gasteiger partial charge in [0.05, 0.1) is 7.11 Å². The molecule has 124 valence electrons.